The topological polar surface area (TPSA) is 46.3 Å². The van der Waals surface area contributed by atoms with Gasteiger partial charge < -0.3 is 9.52 Å². The fourth-order valence-corrected chi connectivity index (χ4v) is 4.97. The number of thioether (sulfide) groups is 1. The number of benzene rings is 1. The average molecular weight is 317 g/mol. The maximum atomic E-state index is 10.5. The Morgan fingerprint density at radius 3 is 3.10 bits per heavy atom. The van der Waals surface area contributed by atoms with Crippen LogP contribution < -0.4 is 0 Å². The van der Waals surface area contributed by atoms with E-state index in [0.717, 1.165) is 28.2 Å². The zero-order chi connectivity index (χ0) is 14.2. The Labute approximate surface area is 131 Å². The molecule has 5 heteroatoms. The van der Waals surface area contributed by atoms with E-state index in [9.17, 15) is 5.11 Å². The van der Waals surface area contributed by atoms with Gasteiger partial charge in [-0.1, -0.05) is 12.1 Å². The predicted octanol–water partition coefficient (Wildman–Crippen LogP) is 3.95. The van der Waals surface area contributed by atoms with E-state index in [4.69, 9.17) is 4.42 Å². The molecule has 3 nitrogen and oxygen atoms in total. The van der Waals surface area contributed by atoms with E-state index in [1.165, 1.54) is 16.2 Å². The van der Waals surface area contributed by atoms with Crippen molar-refractivity contribution in [2.24, 2.45) is 0 Å². The van der Waals surface area contributed by atoms with Crippen LogP contribution in [0.5, 0.6) is 0 Å². The van der Waals surface area contributed by atoms with E-state index in [0.29, 0.717) is 12.3 Å². The molecule has 1 aliphatic rings. The molecule has 0 amide bonds. The smallest absolute Gasteiger partial charge is 0.198 e. The second-order valence-electron chi connectivity index (χ2n) is 5.20. The molecule has 3 aromatic rings. The summed E-state index contributed by atoms with van der Waals surface area (Å²) in [5.74, 6) is 2.86. The van der Waals surface area contributed by atoms with Gasteiger partial charge in [0.15, 0.2) is 11.5 Å². The monoisotopic (exact) mass is 317 g/mol. The molecule has 108 valence electrons. The lowest BCUT2D eigenvalue weighted by atomic mass is 10.1. The number of hydrogen-bond acceptors (Lipinski definition) is 5. The third-order valence-electron chi connectivity index (χ3n) is 3.68. The molecule has 1 N–H and O–H groups in total. The molecular weight excluding hydrogens is 302 g/mol. The van der Waals surface area contributed by atoms with Crippen LogP contribution in [0.25, 0.3) is 11.1 Å². The molecule has 0 bridgehead atoms. The number of aliphatic hydroxyl groups is 1. The molecule has 0 saturated heterocycles. The molecule has 1 atom stereocenters. The SMILES string of the molecule is OC(Cc1nc2ccccc2o1)c1cc2c(s1)CCSC2. The highest BCUT2D eigenvalue weighted by atomic mass is 32.2. The summed E-state index contributed by atoms with van der Waals surface area (Å²) in [5.41, 5.74) is 3.02. The summed E-state index contributed by atoms with van der Waals surface area (Å²) in [7, 11) is 0. The van der Waals surface area contributed by atoms with Crippen molar-refractivity contribution >= 4 is 34.2 Å². The zero-order valence-corrected chi connectivity index (χ0v) is 13.0. The van der Waals surface area contributed by atoms with Gasteiger partial charge in [-0.15, -0.1) is 11.3 Å². The van der Waals surface area contributed by atoms with Gasteiger partial charge in [0.2, 0.25) is 0 Å². The number of nitrogens with zero attached hydrogens (tertiary/aromatic N) is 1. The molecule has 0 saturated carbocycles. The summed E-state index contributed by atoms with van der Waals surface area (Å²) in [4.78, 5) is 6.90. The van der Waals surface area contributed by atoms with Gasteiger partial charge in [0.1, 0.15) is 5.52 Å². The van der Waals surface area contributed by atoms with Gasteiger partial charge in [-0.3, -0.25) is 0 Å². The average Bonchev–Trinajstić information content (AvgIpc) is 3.10. The highest BCUT2D eigenvalue weighted by Gasteiger charge is 2.20. The molecule has 3 heterocycles. The normalized spacial score (nSPS) is 16.0. The first-order chi connectivity index (χ1) is 10.3. The summed E-state index contributed by atoms with van der Waals surface area (Å²) in [6.45, 7) is 0. The van der Waals surface area contributed by atoms with E-state index < -0.39 is 6.10 Å². The summed E-state index contributed by atoms with van der Waals surface area (Å²) in [6, 6.07) is 9.85. The van der Waals surface area contributed by atoms with Gasteiger partial charge in [0.25, 0.3) is 0 Å². The third-order valence-corrected chi connectivity index (χ3v) is 6.03. The molecule has 21 heavy (non-hydrogen) atoms. The Hall–Kier alpha value is -1.30. The van der Waals surface area contributed by atoms with E-state index in [1.54, 1.807) is 11.3 Å². The largest absolute Gasteiger partial charge is 0.441 e. The predicted molar refractivity (Wildman–Crippen MR) is 86.9 cm³/mol. The number of oxazole rings is 1. The number of fused-ring (bicyclic) bond motifs is 2. The van der Waals surface area contributed by atoms with Crippen LogP contribution in [-0.2, 0) is 18.6 Å². The minimum absolute atomic E-state index is 0.432. The Bertz CT molecular complexity index is 721. The third kappa shape index (κ3) is 2.61. The van der Waals surface area contributed by atoms with E-state index in [-0.39, 0.29) is 0 Å². The number of thiophene rings is 1. The van der Waals surface area contributed by atoms with Crippen molar-refractivity contribution in [2.75, 3.05) is 5.75 Å². The van der Waals surface area contributed by atoms with Crippen molar-refractivity contribution in [1.29, 1.82) is 0 Å². The van der Waals surface area contributed by atoms with Crippen molar-refractivity contribution < 1.29 is 9.52 Å². The van der Waals surface area contributed by atoms with Crippen LogP contribution in [-0.4, -0.2) is 15.8 Å². The Morgan fingerprint density at radius 1 is 1.33 bits per heavy atom. The zero-order valence-electron chi connectivity index (χ0n) is 11.4. The van der Waals surface area contributed by atoms with Crippen molar-refractivity contribution in [3.8, 4) is 0 Å². The summed E-state index contributed by atoms with van der Waals surface area (Å²) in [6.07, 6.45) is 1.03. The van der Waals surface area contributed by atoms with E-state index in [1.807, 2.05) is 36.0 Å². The first-order valence-corrected chi connectivity index (χ1v) is 8.98. The fourth-order valence-electron chi connectivity index (χ4n) is 2.61. The molecule has 1 aliphatic heterocycles. The quantitative estimate of drug-likeness (QED) is 0.794. The van der Waals surface area contributed by atoms with Gasteiger partial charge in [-0.2, -0.15) is 11.8 Å². The lowest BCUT2D eigenvalue weighted by Crippen LogP contribution is -1.99. The van der Waals surface area contributed by atoms with Gasteiger partial charge in [-0.05, 0) is 35.9 Å². The van der Waals surface area contributed by atoms with Crippen LogP contribution in [0.1, 0.15) is 27.3 Å². The van der Waals surface area contributed by atoms with Crippen LogP contribution in [0.2, 0.25) is 0 Å². The van der Waals surface area contributed by atoms with E-state index >= 15 is 0 Å². The summed E-state index contributed by atoms with van der Waals surface area (Å²) in [5, 5.41) is 10.5. The van der Waals surface area contributed by atoms with Gasteiger partial charge in [0.05, 0.1) is 12.5 Å². The highest BCUT2D eigenvalue weighted by molar-refractivity contribution is 7.98. The van der Waals surface area contributed by atoms with Crippen molar-refractivity contribution in [2.45, 2.75) is 24.7 Å². The van der Waals surface area contributed by atoms with Gasteiger partial charge in [-0.25, -0.2) is 4.98 Å². The first kappa shape index (κ1) is 13.4. The second-order valence-corrected chi connectivity index (χ2v) is 7.47. The molecule has 0 aliphatic carbocycles. The van der Waals surface area contributed by atoms with Crippen molar-refractivity contribution in [3.63, 3.8) is 0 Å². The first-order valence-electron chi connectivity index (χ1n) is 7.01. The maximum absolute atomic E-state index is 10.5. The molecule has 0 fully saturated rings. The summed E-state index contributed by atoms with van der Waals surface area (Å²) >= 11 is 3.70. The number of hydrogen-bond donors (Lipinski definition) is 1. The molecule has 1 aromatic carbocycles. The fraction of sp³-hybridized carbons (Fsp3) is 0.312. The minimum atomic E-state index is -0.529. The highest BCUT2D eigenvalue weighted by Crippen LogP contribution is 2.35. The molecule has 2 aromatic heterocycles. The van der Waals surface area contributed by atoms with Crippen LogP contribution in [0.3, 0.4) is 0 Å². The lowest BCUT2D eigenvalue weighted by Gasteiger charge is -2.08. The number of aromatic nitrogens is 1. The van der Waals surface area contributed by atoms with Gasteiger partial charge >= 0.3 is 0 Å². The van der Waals surface area contributed by atoms with Crippen LogP contribution >= 0.6 is 23.1 Å². The summed E-state index contributed by atoms with van der Waals surface area (Å²) < 4.78 is 5.69. The van der Waals surface area contributed by atoms with Crippen molar-refractivity contribution in [1.82, 2.24) is 4.98 Å². The number of aliphatic hydroxyl groups excluding tert-OH is 1. The maximum Gasteiger partial charge on any atom is 0.198 e. The molecule has 4 rings (SSSR count). The van der Waals surface area contributed by atoms with Crippen LogP contribution in [0, 0.1) is 0 Å². The van der Waals surface area contributed by atoms with Gasteiger partial charge in [0, 0.05) is 15.5 Å². The lowest BCUT2D eigenvalue weighted by molar-refractivity contribution is 0.173. The number of rotatable bonds is 3. The Kier molecular flexibility index (Phi) is 3.49. The Morgan fingerprint density at radius 2 is 2.24 bits per heavy atom. The number of aryl methyl sites for hydroxylation is 1. The molecule has 0 spiro atoms. The molecule has 1 unspecified atom stereocenters. The van der Waals surface area contributed by atoms with E-state index in [2.05, 4.69) is 11.1 Å². The van der Waals surface area contributed by atoms with Crippen LogP contribution in [0.15, 0.2) is 34.7 Å². The molecular formula is C16H15NO2S2. The van der Waals surface area contributed by atoms with Crippen LogP contribution in [0.4, 0.5) is 0 Å². The number of para-hydroxylation sites is 2. The Balaban J connectivity index is 1.57. The van der Waals surface area contributed by atoms with Crippen molar-refractivity contribution in [3.05, 3.63) is 51.5 Å². The second kappa shape index (κ2) is 5.48. The standard InChI is InChI=1S/C16H15NO2S2/c18-12(15-7-10-9-20-6-5-14(10)21-15)8-16-17-11-3-1-2-4-13(11)19-16/h1-4,7,12,18H,5-6,8-9H2. The minimum Gasteiger partial charge on any atom is -0.441 e. The molecule has 0 radical (unpaired) electrons.